The van der Waals surface area contributed by atoms with Gasteiger partial charge in [0.1, 0.15) is 5.69 Å². The number of pyridine rings is 2. The van der Waals surface area contributed by atoms with Gasteiger partial charge in [-0.2, -0.15) is 13.2 Å². The molecule has 0 saturated heterocycles. The predicted octanol–water partition coefficient (Wildman–Crippen LogP) is 5.24. The number of aromatic nitrogens is 4. The minimum Gasteiger partial charge on any atom is -0.349 e. The molecular weight excluding hydrogens is 611 g/mol. The summed E-state index contributed by atoms with van der Waals surface area (Å²) in [6, 6.07) is 10.6. The Hall–Kier alpha value is -4.33. The van der Waals surface area contributed by atoms with Crippen LogP contribution < -0.4 is 16.3 Å². The number of para-hydroxylation sites is 2. The smallest absolute Gasteiger partial charge is 0.349 e. The lowest BCUT2D eigenvalue weighted by molar-refractivity contribution is -0.141. The fourth-order valence-corrected chi connectivity index (χ4v) is 5.55. The van der Waals surface area contributed by atoms with E-state index in [9.17, 15) is 36.3 Å². The molecule has 0 spiro atoms. The molecule has 1 aliphatic carbocycles. The number of amides is 2. The lowest BCUT2D eigenvalue weighted by atomic mass is 9.85. The molecule has 2 N–H and O–H groups in total. The highest BCUT2D eigenvalue weighted by Crippen LogP contribution is 2.32. The number of nitrogens with zero attached hydrogens (tertiary/aromatic N) is 4. The van der Waals surface area contributed by atoms with Crippen LogP contribution >= 0.6 is 11.6 Å². The molecule has 3 heterocycles. The summed E-state index contributed by atoms with van der Waals surface area (Å²) in [7, 11) is 0. The Kier molecular flexibility index (Phi) is 9.00. The number of hydrogen-bond donors (Lipinski definition) is 2. The Morgan fingerprint density at radius 1 is 0.977 bits per heavy atom. The van der Waals surface area contributed by atoms with Crippen LogP contribution in [0.1, 0.15) is 52.2 Å². The number of halogens is 6. The molecule has 232 valence electrons. The number of hydrogen-bond acceptors (Lipinski definition) is 5. The summed E-state index contributed by atoms with van der Waals surface area (Å²) in [6.07, 6.45) is -3.13. The van der Waals surface area contributed by atoms with Crippen molar-refractivity contribution in [2.24, 2.45) is 5.92 Å². The van der Waals surface area contributed by atoms with Crippen molar-refractivity contribution in [3.8, 4) is 5.69 Å². The fraction of sp³-hybridized carbons (Fsp3) is 0.345. The summed E-state index contributed by atoms with van der Waals surface area (Å²) in [4.78, 5) is 45.8. The van der Waals surface area contributed by atoms with Gasteiger partial charge < -0.3 is 10.6 Å². The van der Waals surface area contributed by atoms with E-state index < -0.39 is 42.2 Å². The highest BCUT2D eigenvalue weighted by Gasteiger charge is 2.38. The Balaban J connectivity index is 1.28. The first-order valence-corrected chi connectivity index (χ1v) is 14.1. The van der Waals surface area contributed by atoms with E-state index in [2.05, 4.69) is 20.6 Å². The average molecular weight is 637 g/mol. The fourth-order valence-electron chi connectivity index (χ4n) is 5.40. The summed E-state index contributed by atoms with van der Waals surface area (Å²) in [6.45, 7) is -0.438. The summed E-state index contributed by atoms with van der Waals surface area (Å²) in [5, 5.41) is 4.66. The van der Waals surface area contributed by atoms with Crippen molar-refractivity contribution in [3.63, 3.8) is 0 Å². The first-order chi connectivity index (χ1) is 20.9. The first-order valence-electron chi connectivity index (χ1n) is 13.7. The van der Waals surface area contributed by atoms with Gasteiger partial charge >= 0.3 is 11.9 Å². The van der Waals surface area contributed by atoms with Gasteiger partial charge in [0.15, 0.2) is 5.69 Å². The molecule has 2 amide bonds. The topological polar surface area (TPSA) is 111 Å². The first kappa shape index (κ1) is 31.1. The van der Waals surface area contributed by atoms with Crippen molar-refractivity contribution >= 4 is 34.4 Å². The van der Waals surface area contributed by atoms with E-state index >= 15 is 0 Å². The molecule has 0 unspecified atom stereocenters. The summed E-state index contributed by atoms with van der Waals surface area (Å²) in [5.74, 6) is -1.61. The van der Waals surface area contributed by atoms with Gasteiger partial charge in [0.05, 0.1) is 40.0 Å². The van der Waals surface area contributed by atoms with Crippen LogP contribution in [0.25, 0.3) is 16.7 Å². The Morgan fingerprint density at radius 3 is 2.32 bits per heavy atom. The standard InChI is InChI=1S/C29H26ClF5N6O3/c30-17-11-20(25(37-12-17)29(33,34)35)26(42)39-18-7-5-16(6-8-18)15-40-22-3-1-2-4-23(22)41(28(40)44)19-9-10-21(36-13-19)27(43)38-14-24(31)32/h1-4,9-13,16,18,24H,5-8,14-15H2,(H,38,43)(H,39,42)/t16-,18-. The van der Waals surface area contributed by atoms with Gasteiger partial charge in [-0.3, -0.25) is 18.7 Å². The van der Waals surface area contributed by atoms with E-state index in [4.69, 9.17) is 11.6 Å². The molecule has 5 rings (SSSR count). The second kappa shape index (κ2) is 12.7. The molecule has 1 aromatic carbocycles. The van der Waals surface area contributed by atoms with Gasteiger partial charge in [-0.05, 0) is 61.9 Å². The Morgan fingerprint density at radius 2 is 1.68 bits per heavy atom. The van der Waals surface area contributed by atoms with Crippen LogP contribution in [0.4, 0.5) is 22.0 Å². The van der Waals surface area contributed by atoms with E-state index in [0.717, 1.165) is 12.3 Å². The van der Waals surface area contributed by atoms with Gasteiger partial charge in [0, 0.05) is 18.8 Å². The molecule has 3 aromatic heterocycles. The molecule has 0 atom stereocenters. The maximum Gasteiger partial charge on any atom is 0.434 e. The zero-order valence-corrected chi connectivity index (χ0v) is 23.7. The quantitative estimate of drug-likeness (QED) is 0.257. The van der Waals surface area contributed by atoms with Gasteiger partial charge in [-0.15, -0.1) is 0 Å². The van der Waals surface area contributed by atoms with Crippen LogP contribution in [-0.4, -0.2) is 49.9 Å². The van der Waals surface area contributed by atoms with Crippen molar-refractivity contribution in [2.45, 2.75) is 50.9 Å². The van der Waals surface area contributed by atoms with E-state index in [1.54, 1.807) is 28.8 Å². The Labute approximate surface area is 252 Å². The largest absolute Gasteiger partial charge is 0.434 e. The molecule has 0 radical (unpaired) electrons. The zero-order valence-electron chi connectivity index (χ0n) is 23.0. The third-order valence-electron chi connectivity index (χ3n) is 7.48. The van der Waals surface area contributed by atoms with Crippen molar-refractivity contribution < 1.29 is 31.5 Å². The Bertz CT molecular complexity index is 1730. The van der Waals surface area contributed by atoms with E-state index in [1.807, 2.05) is 0 Å². The predicted molar refractivity (Wildman–Crippen MR) is 151 cm³/mol. The molecule has 0 bridgehead atoms. The number of alkyl halides is 5. The number of nitrogens with one attached hydrogen (secondary N) is 2. The molecule has 15 heteroatoms. The van der Waals surface area contributed by atoms with E-state index in [-0.39, 0.29) is 28.4 Å². The number of carbonyl (C=O) groups excluding carboxylic acids is 2. The highest BCUT2D eigenvalue weighted by molar-refractivity contribution is 6.30. The molecule has 1 saturated carbocycles. The second-order valence-electron chi connectivity index (χ2n) is 10.5. The van der Waals surface area contributed by atoms with E-state index in [1.165, 1.54) is 22.9 Å². The van der Waals surface area contributed by atoms with Crippen LogP contribution in [-0.2, 0) is 12.7 Å². The van der Waals surface area contributed by atoms with Crippen molar-refractivity contribution in [2.75, 3.05) is 6.54 Å². The molecular formula is C29H26ClF5N6O3. The number of fused-ring (bicyclic) bond motifs is 1. The van der Waals surface area contributed by atoms with Crippen LogP contribution in [0.5, 0.6) is 0 Å². The number of rotatable bonds is 8. The van der Waals surface area contributed by atoms with Gasteiger partial charge in [-0.1, -0.05) is 23.7 Å². The van der Waals surface area contributed by atoms with Crippen LogP contribution in [0.15, 0.2) is 59.7 Å². The normalized spacial score (nSPS) is 17.2. The maximum atomic E-state index is 13.6. The minimum atomic E-state index is -4.81. The number of benzene rings is 1. The SMILES string of the molecule is O=C(NCC(F)F)c1ccc(-n2c(=O)n(C[C@H]3CC[C@H](NC(=O)c4cc(Cl)cnc4C(F)(F)F)CC3)c3ccccc32)cn1. The lowest BCUT2D eigenvalue weighted by Gasteiger charge is -2.29. The van der Waals surface area contributed by atoms with Crippen molar-refractivity contribution in [3.05, 3.63) is 87.3 Å². The molecule has 0 aliphatic heterocycles. The average Bonchev–Trinajstić information content (AvgIpc) is 3.26. The molecule has 1 aliphatic rings. The summed E-state index contributed by atoms with van der Waals surface area (Å²) >= 11 is 5.80. The van der Waals surface area contributed by atoms with E-state index in [0.29, 0.717) is 48.9 Å². The monoisotopic (exact) mass is 636 g/mol. The van der Waals surface area contributed by atoms with Crippen molar-refractivity contribution in [1.82, 2.24) is 29.7 Å². The van der Waals surface area contributed by atoms with Crippen molar-refractivity contribution in [1.29, 1.82) is 0 Å². The summed E-state index contributed by atoms with van der Waals surface area (Å²) < 4.78 is 68.1. The van der Waals surface area contributed by atoms with Gasteiger partial charge in [-0.25, -0.2) is 23.5 Å². The number of carbonyl (C=O) groups is 2. The summed E-state index contributed by atoms with van der Waals surface area (Å²) in [5.41, 5.74) is -0.699. The van der Waals surface area contributed by atoms with Crippen LogP contribution in [0.2, 0.25) is 5.02 Å². The highest BCUT2D eigenvalue weighted by atomic mass is 35.5. The van der Waals surface area contributed by atoms with Crippen LogP contribution in [0.3, 0.4) is 0 Å². The minimum absolute atomic E-state index is 0.0534. The second-order valence-corrected chi connectivity index (χ2v) is 10.9. The van der Waals surface area contributed by atoms with Gasteiger partial charge in [0.25, 0.3) is 18.2 Å². The third kappa shape index (κ3) is 6.74. The molecule has 4 aromatic rings. The van der Waals surface area contributed by atoms with Gasteiger partial charge in [0.2, 0.25) is 0 Å². The third-order valence-corrected chi connectivity index (χ3v) is 7.69. The number of imidazole rings is 1. The van der Waals surface area contributed by atoms with Crippen LogP contribution in [0, 0.1) is 5.92 Å². The molecule has 44 heavy (non-hydrogen) atoms. The molecule has 1 fully saturated rings. The molecule has 9 nitrogen and oxygen atoms in total. The maximum absolute atomic E-state index is 13.6. The zero-order chi connectivity index (χ0) is 31.6. The lowest BCUT2D eigenvalue weighted by Crippen LogP contribution is -2.39.